The van der Waals surface area contributed by atoms with Crippen molar-refractivity contribution in [2.45, 2.75) is 19.4 Å². The molecule has 1 aliphatic heterocycles. The number of hydrogen-bond donors (Lipinski definition) is 2. The smallest absolute Gasteiger partial charge is 0.252 e. The Balaban J connectivity index is 2.19. The minimum absolute atomic E-state index is 0.113. The maximum atomic E-state index is 11.9. The summed E-state index contributed by atoms with van der Waals surface area (Å²) >= 11 is 0. The number of anilines is 1. The predicted molar refractivity (Wildman–Crippen MR) is 84.6 cm³/mol. The monoisotopic (exact) mass is 284 g/mol. The van der Waals surface area contributed by atoms with Crippen LogP contribution in [0.15, 0.2) is 30.3 Å². The molecular formula is C16H20N4O. The maximum absolute atomic E-state index is 11.9. The normalized spacial score (nSPS) is 17.9. The first-order chi connectivity index (χ1) is 9.99. The zero-order valence-corrected chi connectivity index (χ0v) is 12.4. The van der Waals surface area contributed by atoms with E-state index in [9.17, 15) is 4.79 Å². The third kappa shape index (κ3) is 2.45. The number of nitrogens with two attached hydrogens (primary N) is 1. The molecule has 2 aromatic rings. The van der Waals surface area contributed by atoms with Crippen LogP contribution in [0, 0.1) is 0 Å². The summed E-state index contributed by atoms with van der Waals surface area (Å²) in [6.45, 7) is 6.80. The SMILES string of the molecule is CC1(C)CNCCN1c1nc2ccccc2cc1C(N)=O. The Labute approximate surface area is 124 Å². The van der Waals surface area contributed by atoms with Crippen LogP contribution in [0.25, 0.3) is 10.9 Å². The second kappa shape index (κ2) is 5.00. The Bertz CT molecular complexity index is 696. The first-order valence-corrected chi connectivity index (χ1v) is 7.17. The first-order valence-electron chi connectivity index (χ1n) is 7.17. The molecule has 0 spiro atoms. The Kier molecular flexibility index (Phi) is 3.29. The van der Waals surface area contributed by atoms with E-state index in [0.717, 1.165) is 30.5 Å². The van der Waals surface area contributed by atoms with Crippen molar-refractivity contribution in [3.8, 4) is 0 Å². The van der Waals surface area contributed by atoms with Crippen molar-refractivity contribution in [3.05, 3.63) is 35.9 Å². The van der Waals surface area contributed by atoms with Crippen molar-refractivity contribution in [3.63, 3.8) is 0 Å². The first kappa shape index (κ1) is 13.8. The van der Waals surface area contributed by atoms with Gasteiger partial charge in [0, 0.05) is 30.6 Å². The van der Waals surface area contributed by atoms with Crippen LogP contribution < -0.4 is 16.0 Å². The number of fused-ring (bicyclic) bond motifs is 1. The largest absolute Gasteiger partial charge is 0.365 e. The van der Waals surface area contributed by atoms with Gasteiger partial charge >= 0.3 is 0 Å². The Hall–Kier alpha value is -2.14. The van der Waals surface area contributed by atoms with E-state index in [1.807, 2.05) is 30.3 Å². The lowest BCUT2D eigenvalue weighted by atomic mass is 9.98. The molecule has 21 heavy (non-hydrogen) atoms. The van der Waals surface area contributed by atoms with Crippen LogP contribution in [0.1, 0.15) is 24.2 Å². The van der Waals surface area contributed by atoms with E-state index in [-0.39, 0.29) is 5.54 Å². The molecule has 1 fully saturated rings. The quantitative estimate of drug-likeness (QED) is 0.877. The van der Waals surface area contributed by atoms with E-state index < -0.39 is 5.91 Å². The molecule has 1 amide bonds. The molecule has 0 radical (unpaired) electrons. The molecule has 0 atom stereocenters. The van der Waals surface area contributed by atoms with E-state index in [1.165, 1.54) is 0 Å². The molecule has 3 N–H and O–H groups in total. The molecule has 2 heterocycles. The highest BCUT2D eigenvalue weighted by molar-refractivity contribution is 6.01. The molecular weight excluding hydrogens is 264 g/mol. The predicted octanol–water partition coefficient (Wildman–Crippen LogP) is 1.52. The molecule has 3 rings (SSSR count). The summed E-state index contributed by atoms with van der Waals surface area (Å²) in [5.74, 6) is 0.255. The molecule has 1 saturated heterocycles. The summed E-state index contributed by atoms with van der Waals surface area (Å²) in [7, 11) is 0. The highest BCUT2D eigenvalue weighted by Gasteiger charge is 2.32. The van der Waals surface area contributed by atoms with Gasteiger partial charge in [0.1, 0.15) is 5.82 Å². The summed E-state index contributed by atoms with van der Waals surface area (Å²) in [6.07, 6.45) is 0. The van der Waals surface area contributed by atoms with Gasteiger partial charge < -0.3 is 16.0 Å². The highest BCUT2D eigenvalue weighted by atomic mass is 16.1. The summed E-state index contributed by atoms with van der Waals surface area (Å²) in [4.78, 5) is 18.7. The minimum Gasteiger partial charge on any atom is -0.365 e. The third-order valence-electron chi connectivity index (χ3n) is 4.03. The van der Waals surface area contributed by atoms with Crippen molar-refractivity contribution >= 4 is 22.6 Å². The topological polar surface area (TPSA) is 71.2 Å². The number of pyridine rings is 1. The molecule has 5 nitrogen and oxygen atoms in total. The van der Waals surface area contributed by atoms with Gasteiger partial charge in [0.2, 0.25) is 0 Å². The number of amides is 1. The van der Waals surface area contributed by atoms with E-state index in [2.05, 4.69) is 24.1 Å². The van der Waals surface area contributed by atoms with Gasteiger partial charge in [-0.25, -0.2) is 4.98 Å². The van der Waals surface area contributed by atoms with Crippen molar-refractivity contribution in [2.75, 3.05) is 24.5 Å². The summed E-state index contributed by atoms with van der Waals surface area (Å²) in [6, 6.07) is 9.63. The highest BCUT2D eigenvalue weighted by Crippen LogP contribution is 2.29. The number of benzene rings is 1. The van der Waals surface area contributed by atoms with Gasteiger partial charge in [0.25, 0.3) is 5.91 Å². The lowest BCUT2D eigenvalue weighted by Gasteiger charge is -2.44. The van der Waals surface area contributed by atoms with Crippen molar-refractivity contribution < 1.29 is 4.79 Å². The molecule has 0 aliphatic carbocycles. The van der Waals surface area contributed by atoms with E-state index in [0.29, 0.717) is 11.4 Å². The van der Waals surface area contributed by atoms with Crippen LogP contribution >= 0.6 is 0 Å². The lowest BCUT2D eigenvalue weighted by molar-refractivity contribution is 0.100. The zero-order valence-electron chi connectivity index (χ0n) is 12.4. The van der Waals surface area contributed by atoms with Crippen LogP contribution in [0.4, 0.5) is 5.82 Å². The molecule has 110 valence electrons. The zero-order chi connectivity index (χ0) is 15.0. The van der Waals surface area contributed by atoms with Crippen molar-refractivity contribution in [1.29, 1.82) is 0 Å². The van der Waals surface area contributed by atoms with Gasteiger partial charge in [0.05, 0.1) is 11.1 Å². The number of hydrogen-bond acceptors (Lipinski definition) is 4. The number of aromatic nitrogens is 1. The van der Waals surface area contributed by atoms with E-state index >= 15 is 0 Å². The molecule has 1 aromatic heterocycles. The molecule has 1 aliphatic rings. The van der Waals surface area contributed by atoms with Crippen LogP contribution in [-0.4, -0.2) is 36.1 Å². The number of carbonyl (C=O) groups is 1. The third-order valence-corrected chi connectivity index (χ3v) is 4.03. The van der Waals surface area contributed by atoms with E-state index in [4.69, 9.17) is 10.7 Å². The Morgan fingerprint density at radius 3 is 2.86 bits per heavy atom. The average molecular weight is 284 g/mol. The van der Waals surface area contributed by atoms with Crippen LogP contribution in [0.2, 0.25) is 0 Å². The van der Waals surface area contributed by atoms with Crippen LogP contribution in [0.3, 0.4) is 0 Å². The van der Waals surface area contributed by atoms with Crippen LogP contribution in [0.5, 0.6) is 0 Å². The molecule has 1 aromatic carbocycles. The average Bonchev–Trinajstić information content (AvgIpc) is 2.45. The van der Waals surface area contributed by atoms with Crippen molar-refractivity contribution in [2.24, 2.45) is 5.73 Å². The number of para-hydroxylation sites is 1. The fourth-order valence-electron chi connectivity index (χ4n) is 2.87. The van der Waals surface area contributed by atoms with E-state index in [1.54, 1.807) is 0 Å². The fourth-order valence-corrected chi connectivity index (χ4v) is 2.87. The number of rotatable bonds is 2. The van der Waals surface area contributed by atoms with Crippen molar-refractivity contribution in [1.82, 2.24) is 10.3 Å². The van der Waals surface area contributed by atoms with Gasteiger partial charge in [0.15, 0.2) is 0 Å². The molecule has 0 saturated carbocycles. The number of piperazine rings is 1. The molecule has 0 bridgehead atoms. The van der Waals surface area contributed by atoms with Gasteiger partial charge in [-0.2, -0.15) is 0 Å². The molecule has 5 heteroatoms. The summed E-state index contributed by atoms with van der Waals surface area (Å²) in [5, 5.41) is 4.31. The van der Waals surface area contributed by atoms with Gasteiger partial charge in [-0.05, 0) is 26.0 Å². The minimum atomic E-state index is -0.433. The number of nitrogens with zero attached hydrogens (tertiary/aromatic N) is 2. The van der Waals surface area contributed by atoms with Gasteiger partial charge in [-0.15, -0.1) is 0 Å². The van der Waals surface area contributed by atoms with Gasteiger partial charge in [-0.1, -0.05) is 18.2 Å². The Morgan fingerprint density at radius 1 is 1.38 bits per heavy atom. The Morgan fingerprint density at radius 2 is 2.14 bits per heavy atom. The number of nitrogens with one attached hydrogen (secondary N) is 1. The van der Waals surface area contributed by atoms with Crippen LogP contribution in [-0.2, 0) is 0 Å². The second-order valence-corrected chi connectivity index (χ2v) is 6.06. The number of carbonyl (C=O) groups excluding carboxylic acids is 1. The maximum Gasteiger partial charge on any atom is 0.252 e. The summed E-state index contributed by atoms with van der Waals surface area (Å²) < 4.78 is 0. The second-order valence-electron chi connectivity index (χ2n) is 6.06. The van der Waals surface area contributed by atoms with Gasteiger partial charge in [-0.3, -0.25) is 4.79 Å². The standard InChI is InChI=1S/C16H20N4O/c1-16(2)10-18-7-8-20(16)15-12(14(17)21)9-11-5-3-4-6-13(11)19-15/h3-6,9,18H,7-8,10H2,1-2H3,(H2,17,21). The lowest BCUT2D eigenvalue weighted by Crippen LogP contribution is -2.58. The fraction of sp³-hybridized carbons (Fsp3) is 0.375. The number of primary amides is 1. The summed E-state index contributed by atoms with van der Waals surface area (Å²) in [5.41, 5.74) is 6.84. The molecule has 0 unspecified atom stereocenters.